The van der Waals surface area contributed by atoms with E-state index in [1.54, 1.807) is 18.2 Å². The number of hydrogen-bond acceptors (Lipinski definition) is 10. The van der Waals surface area contributed by atoms with Crippen LogP contribution in [0.1, 0.15) is 111 Å². The van der Waals surface area contributed by atoms with Gasteiger partial charge in [0, 0.05) is 20.3 Å². The molecule has 0 spiro atoms. The molecule has 0 aliphatic carbocycles. The summed E-state index contributed by atoms with van der Waals surface area (Å²) in [6.07, 6.45) is 27.0. The molecule has 0 aliphatic heterocycles. The highest BCUT2D eigenvalue weighted by molar-refractivity contribution is 5.77. The fourth-order valence-corrected chi connectivity index (χ4v) is 5.68. The number of hydrogen-bond donors (Lipinski definition) is 2. The van der Waals surface area contributed by atoms with Crippen molar-refractivity contribution in [1.82, 2.24) is 5.32 Å². The number of carbonyl (C=O) groups excluding carboxylic acids is 5. The molecule has 346 valence electrons. The SMILES string of the molecule is C/C=C/C=C/C=C/C=C/C(NC(=O)CCCCCCCC=CCC(O)C(CCCCCC)OC(=O)C[N+](C)(C)CCOC(C)=O)OC(=O)C[N+](C)(C)CCOC(C)=O.[Cl-].[Cl-]. The number of nitrogens with one attached hydrogen (secondary N) is 1. The van der Waals surface area contributed by atoms with Crippen molar-refractivity contribution >= 4 is 29.8 Å². The largest absolute Gasteiger partial charge is 1.00 e. The Morgan fingerprint density at radius 2 is 1.18 bits per heavy atom. The zero-order valence-corrected chi connectivity index (χ0v) is 39.2. The van der Waals surface area contributed by atoms with Crippen molar-refractivity contribution in [3.8, 4) is 0 Å². The van der Waals surface area contributed by atoms with Gasteiger partial charge in [0.1, 0.15) is 32.4 Å². The molecule has 0 fully saturated rings. The maximum Gasteiger partial charge on any atom is 0.363 e. The van der Waals surface area contributed by atoms with Crippen molar-refractivity contribution in [3.05, 3.63) is 60.8 Å². The van der Waals surface area contributed by atoms with Crippen LogP contribution in [0.4, 0.5) is 0 Å². The summed E-state index contributed by atoms with van der Waals surface area (Å²) in [7, 11) is 7.43. The van der Waals surface area contributed by atoms with Gasteiger partial charge in [-0.15, -0.1) is 0 Å². The van der Waals surface area contributed by atoms with Gasteiger partial charge in [-0.3, -0.25) is 14.4 Å². The molecule has 13 nitrogen and oxygen atoms in total. The minimum Gasteiger partial charge on any atom is -1.00 e. The van der Waals surface area contributed by atoms with E-state index in [4.69, 9.17) is 18.9 Å². The normalized spacial score (nSPS) is 13.6. The molecule has 60 heavy (non-hydrogen) atoms. The van der Waals surface area contributed by atoms with E-state index in [0.717, 1.165) is 57.8 Å². The van der Waals surface area contributed by atoms with E-state index in [9.17, 15) is 29.1 Å². The van der Waals surface area contributed by atoms with E-state index in [1.807, 2.05) is 71.6 Å². The molecular weight excluding hydrogens is 813 g/mol. The first-order chi connectivity index (χ1) is 27.5. The molecule has 0 aromatic rings. The molecule has 15 heteroatoms. The standard InChI is InChI=1S/C45H76N3O10.2ClH/c1-9-11-13-15-18-23-27-31-43(58-45(54)37-48(7,8)33-35-56-39(4)50)46-42(52)30-26-22-20-17-16-19-21-24-28-40(51)41(29-25-14-12-10-2)57-44(53)36-47(5,6)32-34-55-38(3)49;;/h9,11,13,15,18,21,23-24,27,31,40-41,43,51H,10,12,14,16-17,19-20,22,25-26,28-30,32-37H2,1-8H3;2*1H/q+1;;/p-1/b11-9+,15-13+,23-18+,24-21?,31-27+;;. The summed E-state index contributed by atoms with van der Waals surface area (Å²) >= 11 is 0. The second-order valence-electron chi connectivity index (χ2n) is 15.9. The monoisotopic (exact) mass is 889 g/mol. The molecule has 0 saturated carbocycles. The van der Waals surface area contributed by atoms with E-state index < -0.39 is 24.4 Å². The number of ether oxygens (including phenoxy) is 4. The van der Waals surface area contributed by atoms with Crippen LogP contribution >= 0.6 is 0 Å². The lowest BCUT2D eigenvalue weighted by molar-refractivity contribution is -0.883. The lowest BCUT2D eigenvalue weighted by atomic mass is 10.0. The van der Waals surface area contributed by atoms with Gasteiger partial charge < -0.3 is 63.2 Å². The molecular formula is C45H77Cl2N3O10. The summed E-state index contributed by atoms with van der Waals surface area (Å²) in [5.74, 6) is -1.81. The Bertz CT molecular complexity index is 1350. The highest BCUT2D eigenvalue weighted by atomic mass is 35.5. The quantitative estimate of drug-likeness (QED) is 0.0181. The Morgan fingerprint density at radius 1 is 0.667 bits per heavy atom. The molecule has 0 rings (SSSR count). The first-order valence-corrected chi connectivity index (χ1v) is 21.0. The number of carbonyl (C=O) groups is 5. The van der Waals surface area contributed by atoms with Gasteiger partial charge in [0.2, 0.25) is 5.91 Å². The molecule has 3 unspecified atom stereocenters. The van der Waals surface area contributed by atoms with Crippen molar-refractivity contribution in [1.29, 1.82) is 0 Å². The van der Waals surface area contributed by atoms with Crippen LogP contribution in [0.25, 0.3) is 0 Å². The van der Waals surface area contributed by atoms with Crippen molar-refractivity contribution < 1.29 is 81.8 Å². The zero-order valence-electron chi connectivity index (χ0n) is 37.7. The second kappa shape index (κ2) is 37.3. The lowest BCUT2D eigenvalue weighted by Crippen LogP contribution is -3.00. The second-order valence-corrected chi connectivity index (χ2v) is 15.9. The number of quaternary nitrogens is 2. The molecule has 3 atom stereocenters. The number of aliphatic hydroxyl groups is 1. The van der Waals surface area contributed by atoms with Crippen LogP contribution < -0.4 is 30.1 Å². The van der Waals surface area contributed by atoms with Crippen LogP contribution in [0, 0.1) is 0 Å². The Kier molecular flexibility index (Phi) is 37.8. The smallest absolute Gasteiger partial charge is 0.363 e. The third kappa shape index (κ3) is 37.5. The lowest BCUT2D eigenvalue weighted by Gasteiger charge is -2.30. The number of aliphatic hydroxyl groups excluding tert-OH is 1. The summed E-state index contributed by atoms with van der Waals surface area (Å²) in [5.41, 5.74) is 0. The fourth-order valence-electron chi connectivity index (χ4n) is 5.68. The molecule has 2 N–H and O–H groups in total. The minimum absolute atomic E-state index is 0. The third-order valence-electron chi connectivity index (χ3n) is 9.09. The van der Waals surface area contributed by atoms with Gasteiger partial charge in [0.25, 0.3) is 0 Å². The van der Waals surface area contributed by atoms with Crippen molar-refractivity contribution in [2.45, 2.75) is 130 Å². The summed E-state index contributed by atoms with van der Waals surface area (Å²) < 4.78 is 22.0. The highest BCUT2D eigenvalue weighted by Gasteiger charge is 2.28. The maximum absolute atomic E-state index is 12.8. The number of halogens is 2. The van der Waals surface area contributed by atoms with E-state index in [-0.39, 0.29) is 79.4 Å². The topological polar surface area (TPSA) is 155 Å². The Hall–Kier alpha value is -3.49. The van der Waals surface area contributed by atoms with Gasteiger partial charge in [-0.05, 0) is 51.5 Å². The van der Waals surface area contributed by atoms with Crippen molar-refractivity contribution in [3.63, 3.8) is 0 Å². The summed E-state index contributed by atoms with van der Waals surface area (Å²) in [6.45, 7) is 8.22. The number of esters is 4. The number of rotatable bonds is 33. The van der Waals surface area contributed by atoms with Crippen LogP contribution in [0.2, 0.25) is 0 Å². The van der Waals surface area contributed by atoms with Crippen LogP contribution in [-0.2, 0) is 42.9 Å². The van der Waals surface area contributed by atoms with E-state index in [0.29, 0.717) is 43.3 Å². The minimum atomic E-state index is -0.928. The summed E-state index contributed by atoms with van der Waals surface area (Å²) in [6, 6.07) is 0. The Labute approximate surface area is 373 Å². The zero-order chi connectivity index (χ0) is 43.7. The van der Waals surface area contributed by atoms with Gasteiger partial charge in [-0.25, -0.2) is 9.59 Å². The first-order valence-electron chi connectivity index (χ1n) is 21.0. The Morgan fingerprint density at radius 3 is 1.75 bits per heavy atom. The predicted molar refractivity (Wildman–Crippen MR) is 228 cm³/mol. The number of nitrogens with zero attached hydrogens (tertiary/aromatic N) is 2. The molecule has 0 heterocycles. The first kappa shape index (κ1) is 60.8. The third-order valence-corrected chi connectivity index (χ3v) is 9.09. The molecule has 0 aromatic carbocycles. The van der Waals surface area contributed by atoms with Gasteiger partial charge in [-0.2, -0.15) is 0 Å². The van der Waals surface area contributed by atoms with E-state index in [2.05, 4.69) is 18.3 Å². The Balaban J connectivity index is -0.0000162. The molecule has 0 saturated heterocycles. The molecule has 0 aromatic heterocycles. The van der Waals surface area contributed by atoms with E-state index >= 15 is 0 Å². The fraction of sp³-hybridized carbons (Fsp3) is 0.667. The van der Waals surface area contributed by atoms with Crippen LogP contribution in [-0.4, -0.2) is 130 Å². The predicted octanol–water partition coefficient (Wildman–Crippen LogP) is 0.424. The van der Waals surface area contributed by atoms with Crippen LogP contribution in [0.3, 0.4) is 0 Å². The number of unbranched alkanes of at least 4 members (excludes halogenated alkanes) is 8. The number of amides is 1. The summed E-state index contributed by atoms with van der Waals surface area (Å²) in [5, 5.41) is 13.8. The van der Waals surface area contributed by atoms with Gasteiger partial charge in [0.05, 0.1) is 34.3 Å². The molecule has 0 radical (unpaired) electrons. The van der Waals surface area contributed by atoms with Crippen molar-refractivity contribution in [2.75, 3.05) is 67.6 Å². The molecule has 1 amide bonds. The molecule has 0 aliphatic rings. The van der Waals surface area contributed by atoms with Crippen LogP contribution in [0.15, 0.2) is 60.8 Å². The average molecular weight is 891 g/mol. The van der Waals surface area contributed by atoms with E-state index in [1.165, 1.54) is 13.8 Å². The average Bonchev–Trinajstić information content (AvgIpc) is 3.12. The van der Waals surface area contributed by atoms with Gasteiger partial charge >= 0.3 is 23.9 Å². The maximum atomic E-state index is 12.8. The molecule has 0 bridgehead atoms. The number of allylic oxidation sites excluding steroid dienone is 8. The van der Waals surface area contributed by atoms with Crippen LogP contribution in [0.5, 0.6) is 0 Å². The highest BCUT2D eigenvalue weighted by Crippen LogP contribution is 2.16. The van der Waals surface area contributed by atoms with Gasteiger partial charge in [-0.1, -0.05) is 100 Å². The summed E-state index contributed by atoms with van der Waals surface area (Å²) in [4.78, 5) is 60.7. The van der Waals surface area contributed by atoms with Gasteiger partial charge in [0.15, 0.2) is 19.3 Å². The number of likely N-dealkylation sites (N-methyl/N-ethyl adjacent to an activating group) is 2. The van der Waals surface area contributed by atoms with Crippen molar-refractivity contribution in [2.24, 2.45) is 0 Å².